The van der Waals surface area contributed by atoms with Crippen LogP contribution < -0.4 is 16.2 Å². The lowest BCUT2D eigenvalue weighted by Crippen LogP contribution is -2.25. The Balaban J connectivity index is 1.61. The van der Waals surface area contributed by atoms with Crippen LogP contribution in [0, 0.1) is 13.8 Å². The summed E-state index contributed by atoms with van der Waals surface area (Å²) in [5.74, 6) is 0.742. The number of carbonyl (C=O) groups is 1. The fraction of sp³-hybridized carbons (Fsp3) is 0.300. The Kier molecular flexibility index (Phi) is 4.68. The summed E-state index contributed by atoms with van der Waals surface area (Å²) in [6.07, 6.45) is 3.55. The number of hydrogen-bond donors (Lipinski definition) is 3. The van der Waals surface area contributed by atoms with Crippen LogP contribution in [-0.4, -0.2) is 25.8 Å². The molecular weight excluding hydrogens is 356 g/mol. The molecule has 0 saturated carbocycles. The van der Waals surface area contributed by atoms with Crippen molar-refractivity contribution in [2.45, 2.75) is 39.5 Å². The van der Waals surface area contributed by atoms with Crippen LogP contribution in [0.3, 0.4) is 0 Å². The quantitative estimate of drug-likeness (QED) is 0.651. The van der Waals surface area contributed by atoms with E-state index < -0.39 is 6.03 Å². The fourth-order valence-electron chi connectivity index (χ4n) is 3.44. The lowest BCUT2D eigenvalue weighted by Gasteiger charge is -2.15. The van der Waals surface area contributed by atoms with Crippen LogP contribution in [0.1, 0.15) is 35.4 Å². The van der Waals surface area contributed by atoms with Gasteiger partial charge in [0, 0.05) is 17.3 Å². The molecule has 1 aliphatic rings. The van der Waals surface area contributed by atoms with Gasteiger partial charge in [0.1, 0.15) is 5.82 Å². The van der Waals surface area contributed by atoms with Crippen molar-refractivity contribution in [1.29, 1.82) is 0 Å². The van der Waals surface area contributed by atoms with Gasteiger partial charge in [-0.1, -0.05) is 12.1 Å². The number of nitrogens with zero attached hydrogens (tertiary/aromatic N) is 3. The van der Waals surface area contributed by atoms with E-state index in [1.165, 1.54) is 4.68 Å². The van der Waals surface area contributed by atoms with Gasteiger partial charge in [-0.25, -0.2) is 9.78 Å². The topological polar surface area (TPSA) is 105 Å². The average molecular weight is 378 g/mol. The number of benzene rings is 1. The maximum atomic E-state index is 12.4. The van der Waals surface area contributed by atoms with Gasteiger partial charge >= 0.3 is 6.03 Å². The molecule has 8 heteroatoms. The van der Waals surface area contributed by atoms with E-state index in [0.29, 0.717) is 23.1 Å². The molecule has 3 N–H and O–H groups in total. The summed E-state index contributed by atoms with van der Waals surface area (Å²) in [6, 6.07) is 8.87. The molecule has 2 amide bonds. The number of fused-ring (bicyclic) bond motifs is 1. The van der Waals surface area contributed by atoms with Crippen LogP contribution in [0.4, 0.5) is 16.3 Å². The van der Waals surface area contributed by atoms with Crippen molar-refractivity contribution >= 4 is 17.5 Å². The molecule has 1 aliphatic carbocycles. The summed E-state index contributed by atoms with van der Waals surface area (Å²) >= 11 is 0. The molecular formula is C20H22N6O2. The second kappa shape index (κ2) is 7.30. The van der Waals surface area contributed by atoms with Gasteiger partial charge in [-0.05, 0) is 57.2 Å². The number of urea groups is 1. The lowest BCUT2D eigenvalue weighted by molar-refractivity contribution is 0.262. The molecule has 0 atom stereocenters. The van der Waals surface area contributed by atoms with E-state index in [-0.39, 0.29) is 5.56 Å². The molecule has 0 spiro atoms. The third kappa shape index (κ3) is 3.66. The second-order valence-electron chi connectivity index (χ2n) is 7.05. The Morgan fingerprint density at radius 3 is 2.79 bits per heavy atom. The van der Waals surface area contributed by atoms with Crippen LogP contribution in [0.15, 0.2) is 35.1 Å². The highest BCUT2D eigenvalue weighted by atomic mass is 16.2. The van der Waals surface area contributed by atoms with Crippen molar-refractivity contribution in [1.82, 2.24) is 19.7 Å². The first-order valence-corrected chi connectivity index (χ1v) is 9.33. The van der Waals surface area contributed by atoms with Crippen molar-refractivity contribution in [3.05, 3.63) is 63.2 Å². The number of aromatic amines is 1. The first kappa shape index (κ1) is 18.0. The van der Waals surface area contributed by atoms with Crippen LogP contribution in [0.25, 0.3) is 5.95 Å². The number of anilines is 2. The van der Waals surface area contributed by atoms with E-state index in [2.05, 4.69) is 25.7 Å². The molecule has 4 rings (SSSR count). The summed E-state index contributed by atoms with van der Waals surface area (Å²) in [4.78, 5) is 32.3. The Bertz CT molecular complexity index is 1100. The van der Waals surface area contributed by atoms with Gasteiger partial charge in [-0.2, -0.15) is 9.78 Å². The molecule has 1 aromatic carbocycles. The van der Waals surface area contributed by atoms with Gasteiger partial charge in [0.25, 0.3) is 5.56 Å². The minimum atomic E-state index is -0.396. The first-order chi connectivity index (χ1) is 13.5. The summed E-state index contributed by atoms with van der Waals surface area (Å²) in [6.45, 7) is 3.77. The molecule has 0 radical (unpaired) electrons. The normalized spacial score (nSPS) is 13.1. The molecule has 2 aromatic heterocycles. The molecule has 0 bridgehead atoms. The Hall–Kier alpha value is -3.42. The summed E-state index contributed by atoms with van der Waals surface area (Å²) in [7, 11) is 0. The highest BCUT2D eigenvalue weighted by Crippen LogP contribution is 2.19. The fourth-order valence-corrected chi connectivity index (χ4v) is 3.44. The van der Waals surface area contributed by atoms with Crippen LogP contribution in [0.2, 0.25) is 0 Å². The zero-order valence-corrected chi connectivity index (χ0v) is 15.9. The van der Waals surface area contributed by atoms with E-state index >= 15 is 0 Å². The zero-order valence-electron chi connectivity index (χ0n) is 15.9. The number of aryl methyl sites for hydroxylation is 3. The summed E-state index contributed by atoms with van der Waals surface area (Å²) < 4.78 is 1.46. The van der Waals surface area contributed by atoms with E-state index in [0.717, 1.165) is 42.5 Å². The predicted octanol–water partition coefficient (Wildman–Crippen LogP) is 3.10. The number of rotatable bonds is 3. The number of aromatic nitrogens is 4. The molecule has 2 heterocycles. The number of carbonyl (C=O) groups excluding carboxylic acids is 1. The van der Waals surface area contributed by atoms with Crippen LogP contribution in [0.5, 0.6) is 0 Å². The minimum Gasteiger partial charge on any atom is -0.308 e. The number of hydrogen-bond acceptors (Lipinski definition) is 4. The minimum absolute atomic E-state index is 0.136. The van der Waals surface area contributed by atoms with Crippen LogP contribution in [-0.2, 0) is 12.8 Å². The summed E-state index contributed by atoms with van der Waals surface area (Å²) in [5.41, 5.74) is 3.88. The standard InChI is InChI=1S/C20H22N6O2/c1-12-6-5-7-14(10-12)21-20(28)23-17-11-13(2)25-26(17)19-22-16-9-4-3-8-15(16)18(27)24-19/h5-7,10-11H,3-4,8-9H2,1-2H3,(H2,21,23,28)(H,22,24,27). The van der Waals surface area contributed by atoms with E-state index in [9.17, 15) is 9.59 Å². The number of nitrogens with one attached hydrogen (secondary N) is 3. The van der Waals surface area contributed by atoms with Crippen molar-refractivity contribution in [3.8, 4) is 5.95 Å². The molecule has 0 unspecified atom stereocenters. The Morgan fingerprint density at radius 2 is 1.96 bits per heavy atom. The molecule has 3 aromatic rings. The molecule has 28 heavy (non-hydrogen) atoms. The smallest absolute Gasteiger partial charge is 0.308 e. The van der Waals surface area contributed by atoms with Crippen molar-refractivity contribution in [2.24, 2.45) is 0 Å². The Labute approximate surface area is 162 Å². The van der Waals surface area contributed by atoms with E-state index in [4.69, 9.17) is 0 Å². The molecule has 0 saturated heterocycles. The van der Waals surface area contributed by atoms with Gasteiger partial charge in [0.05, 0.1) is 11.4 Å². The highest BCUT2D eigenvalue weighted by Gasteiger charge is 2.19. The van der Waals surface area contributed by atoms with Gasteiger partial charge in [-0.15, -0.1) is 0 Å². The third-order valence-electron chi connectivity index (χ3n) is 4.73. The van der Waals surface area contributed by atoms with E-state index in [1.54, 1.807) is 6.07 Å². The Morgan fingerprint density at radius 1 is 1.14 bits per heavy atom. The molecule has 8 nitrogen and oxygen atoms in total. The monoisotopic (exact) mass is 378 g/mol. The van der Waals surface area contributed by atoms with Crippen LogP contribution >= 0.6 is 0 Å². The van der Waals surface area contributed by atoms with Gasteiger partial charge in [0.15, 0.2) is 0 Å². The third-order valence-corrected chi connectivity index (χ3v) is 4.73. The average Bonchev–Trinajstić information content (AvgIpc) is 3.01. The molecule has 144 valence electrons. The maximum Gasteiger partial charge on any atom is 0.324 e. The van der Waals surface area contributed by atoms with Gasteiger partial charge in [0.2, 0.25) is 5.95 Å². The van der Waals surface area contributed by atoms with E-state index in [1.807, 2.05) is 38.1 Å². The highest BCUT2D eigenvalue weighted by molar-refractivity contribution is 5.99. The second-order valence-corrected chi connectivity index (χ2v) is 7.05. The molecule has 0 fully saturated rings. The van der Waals surface area contributed by atoms with Crippen molar-refractivity contribution in [2.75, 3.05) is 10.6 Å². The maximum absolute atomic E-state index is 12.4. The zero-order chi connectivity index (χ0) is 19.7. The first-order valence-electron chi connectivity index (χ1n) is 9.33. The SMILES string of the molecule is Cc1cccc(NC(=O)Nc2cc(C)nn2-c2nc3c(c(=O)[nH]2)CCCC3)c1. The number of amides is 2. The number of H-pyrrole nitrogens is 1. The van der Waals surface area contributed by atoms with Gasteiger partial charge < -0.3 is 5.32 Å². The largest absolute Gasteiger partial charge is 0.324 e. The van der Waals surface area contributed by atoms with Crippen molar-refractivity contribution < 1.29 is 4.79 Å². The van der Waals surface area contributed by atoms with Crippen molar-refractivity contribution in [3.63, 3.8) is 0 Å². The lowest BCUT2D eigenvalue weighted by atomic mass is 9.97. The van der Waals surface area contributed by atoms with Gasteiger partial charge in [-0.3, -0.25) is 15.1 Å². The predicted molar refractivity (Wildman–Crippen MR) is 107 cm³/mol. The molecule has 0 aliphatic heterocycles. The summed E-state index contributed by atoms with van der Waals surface area (Å²) in [5, 5.41) is 9.97.